The number of rotatable bonds is 3. The van der Waals surface area contributed by atoms with Crippen LogP contribution >= 0.6 is 11.6 Å². The second-order valence-electron chi connectivity index (χ2n) is 2.99. The van der Waals surface area contributed by atoms with E-state index in [-0.39, 0.29) is 11.6 Å². The van der Waals surface area contributed by atoms with Crippen LogP contribution in [0.3, 0.4) is 0 Å². The zero-order chi connectivity index (χ0) is 10.9. The highest BCUT2D eigenvalue weighted by Gasteiger charge is 2.32. The normalized spacial score (nSPS) is 11.8. The van der Waals surface area contributed by atoms with Gasteiger partial charge in [0, 0.05) is 6.92 Å². The van der Waals surface area contributed by atoms with E-state index in [0.717, 1.165) is 4.68 Å². The molecule has 0 aliphatic heterocycles. The summed E-state index contributed by atoms with van der Waals surface area (Å²) >= 11 is 5.66. The third-order valence-corrected chi connectivity index (χ3v) is 2.25. The average molecular weight is 223 g/mol. The van der Waals surface area contributed by atoms with Gasteiger partial charge in [0.2, 0.25) is 0 Å². The Morgan fingerprint density at radius 1 is 1.64 bits per heavy atom. The largest absolute Gasteiger partial charge is 0.301 e. The van der Waals surface area contributed by atoms with Gasteiger partial charge in [-0.25, -0.2) is 0 Å². The van der Waals surface area contributed by atoms with E-state index in [1.54, 1.807) is 0 Å². The van der Waals surface area contributed by atoms with Crippen LogP contribution in [0.1, 0.15) is 18.3 Å². The van der Waals surface area contributed by atoms with Gasteiger partial charge in [-0.15, -0.1) is 0 Å². The molecule has 3 nitrogen and oxygen atoms in total. The van der Waals surface area contributed by atoms with Gasteiger partial charge >= 0.3 is 0 Å². The molecule has 1 aromatic heterocycles. The molecule has 1 aromatic rings. The summed E-state index contributed by atoms with van der Waals surface area (Å²) in [6, 6.07) is 0. The Morgan fingerprint density at radius 3 is 2.57 bits per heavy atom. The maximum atomic E-state index is 12.9. The molecule has 0 aliphatic rings. The molecule has 0 radical (unpaired) electrons. The first-order valence-electron chi connectivity index (χ1n) is 3.92. The number of nitrogens with zero attached hydrogens (tertiary/aromatic N) is 2. The summed E-state index contributed by atoms with van der Waals surface area (Å²) in [5.74, 6) is -3.09. The summed E-state index contributed by atoms with van der Waals surface area (Å²) in [6.07, 6.45) is 0.577. The van der Waals surface area contributed by atoms with Crippen LogP contribution < -0.4 is 0 Å². The molecule has 0 amide bonds. The lowest BCUT2D eigenvalue weighted by molar-refractivity contribution is -0.108. The minimum atomic E-state index is -3.09. The highest BCUT2D eigenvalue weighted by atomic mass is 35.5. The monoisotopic (exact) mass is 222 g/mol. The topological polar surface area (TPSA) is 34.9 Å². The zero-order valence-corrected chi connectivity index (χ0v) is 8.48. The summed E-state index contributed by atoms with van der Waals surface area (Å²) in [4.78, 5) is 10.2. The Balaban J connectivity index is 3.21. The molecule has 0 bridgehead atoms. The summed E-state index contributed by atoms with van der Waals surface area (Å²) in [5, 5.41) is 3.49. The molecule has 0 unspecified atom stereocenters. The Kier molecular flexibility index (Phi) is 2.89. The standard InChI is InChI=1S/C8H9ClF2N2O/c1-5-6(9)7(8(2,10)11)12-13(5)3-4-14/h4H,3H2,1-2H3. The Morgan fingerprint density at radius 2 is 2.21 bits per heavy atom. The Labute approximate surface area is 84.7 Å². The molecule has 0 aromatic carbocycles. The molecule has 1 rings (SSSR count). The Hall–Kier alpha value is -0.970. The van der Waals surface area contributed by atoms with Gasteiger partial charge in [0.05, 0.1) is 17.3 Å². The van der Waals surface area contributed by atoms with Crippen molar-refractivity contribution >= 4 is 17.9 Å². The maximum Gasteiger partial charge on any atom is 0.290 e. The van der Waals surface area contributed by atoms with Crippen molar-refractivity contribution in [3.8, 4) is 0 Å². The van der Waals surface area contributed by atoms with E-state index < -0.39 is 11.6 Å². The molecule has 14 heavy (non-hydrogen) atoms. The fourth-order valence-corrected chi connectivity index (χ4v) is 1.35. The number of alkyl halides is 2. The maximum absolute atomic E-state index is 12.9. The first kappa shape index (κ1) is 11.1. The highest BCUT2D eigenvalue weighted by molar-refractivity contribution is 6.32. The zero-order valence-electron chi connectivity index (χ0n) is 7.72. The van der Waals surface area contributed by atoms with E-state index in [9.17, 15) is 13.6 Å². The van der Waals surface area contributed by atoms with Crippen LogP contribution in [0.15, 0.2) is 0 Å². The molecule has 6 heteroatoms. The van der Waals surface area contributed by atoms with Gasteiger partial charge in [-0.2, -0.15) is 13.9 Å². The van der Waals surface area contributed by atoms with Gasteiger partial charge in [-0.05, 0) is 6.92 Å². The SMILES string of the molecule is Cc1c(Cl)c(C(C)(F)F)nn1CC=O. The van der Waals surface area contributed by atoms with Crippen molar-refractivity contribution in [1.82, 2.24) is 9.78 Å². The molecular weight excluding hydrogens is 214 g/mol. The molecule has 0 N–H and O–H groups in total. The quantitative estimate of drug-likeness (QED) is 0.735. The molecule has 1 heterocycles. The predicted molar refractivity (Wildman–Crippen MR) is 47.6 cm³/mol. The van der Waals surface area contributed by atoms with E-state index in [4.69, 9.17) is 11.6 Å². The fraction of sp³-hybridized carbons (Fsp3) is 0.500. The molecule has 0 atom stereocenters. The lowest BCUT2D eigenvalue weighted by Crippen LogP contribution is -2.10. The van der Waals surface area contributed by atoms with Crippen molar-refractivity contribution in [2.45, 2.75) is 26.3 Å². The van der Waals surface area contributed by atoms with Crippen molar-refractivity contribution in [2.24, 2.45) is 0 Å². The minimum absolute atomic E-state index is 0.0678. The van der Waals surface area contributed by atoms with Gasteiger partial charge in [0.25, 0.3) is 5.92 Å². The highest BCUT2D eigenvalue weighted by Crippen LogP contribution is 2.33. The number of hydrogen-bond donors (Lipinski definition) is 0. The van der Waals surface area contributed by atoms with Gasteiger partial charge in [-0.3, -0.25) is 4.68 Å². The Bertz CT molecular complexity index is 357. The van der Waals surface area contributed by atoms with Gasteiger partial charge in [0.1, 0.15) is 12.0 Å². The van der Waals surface area contributed by atoms with E-state index in [2.05, 4.69) is 5.10 Å². The van der Waals surface area contributed by atoms with Crippen LogP contribution in [-0.2, 0) is 17.3 Å². The van der Waals surface area contributed by atoms with Gasteiger partial charge < -0.3 is 4.79 Å². The van der Waals surface area contributed by atoms with Crippen molar-refractivity contribution in [2.75, 3.05) is 0 Å². The van der Waals surface area contributed by atoms with E-state index >= 15 is 0 Å². The van der Waals surface area contributed by atoms with Crippen LogP contribution in [0.2, 0.25) is 5.02 Å². The van der Waals surface area contributed by atoms with E-state index in [1.807, 2.05) is 0 Å². The summed E-state index contributed by atoms with van der Waals surface area (Å²) in [7, 11) is 0. The number of carbonyl (C=O) groups is 1. The average Bonchev–Trinajstić information content (AvgIpc) is 2.32. The second kappa shape index (κ2) is 3.65. The van der Waals surface area contributed by atoms with Crippen molar-refractivity contribution in [3.05, 3.63) is 16.4 Å². The smallest absolute Gasteiger partial charge is 0.290 e. The van der Waals surface area contributed by atoms with Crippen LogP contribution in [0, 0.1) is 6.92 Å². The van der Waals surface area contributed by atoms with E-state index in [1.165, 1.54) is 6.92 Å². The predicted octanol–water partition coefficient (Wildman–Crippen LogP) is 2.16. The summed E-state index contributed by atoms with van der Waals surface area (Å²) in [6.45, 7) is 2.18. The number of hydrogen-bond acceptors (Lipinski definition) is 2. The number of aromatic nitrogens is 2. The van der Waals surface area contributed by atoms with Crippen molar-refractivity contribution < 1.29 is 13.6 Å². The minimum Gasteiger partial charge on any atom is -0.301 e. The second-order valence-corrected chi connectivity index (χ2v) is 3.36. The van der Waals surface area contributed by atoms with Gasteiger partial charge in [-0.1, -0.05) is 11.6 Å². The number of aldehydes is 1. The van der Waals surface area contributed by atoms with Crippen LogP contribution in [0.4, 0.5) is 8.78 Å². The molecular formula is C8H9ClF2N2O. The third-order valence-electron chi connectivity index (χ3n) is 1.80. The summed E-state index contributed by atoms with van der Waals surface area (Å²) < 4.78 is 27.0. The molecule has 0 spiro atoms. The fourth-order valence-electron chi connectivity index (χ4n) is 1.05. The number of halogens is 3. The molecule has 0 saturated heterocycles. The summed E-state index contributed by atoms with van der Waals surface area (Å²) in [5.41, 5.74) is -0.117. The third kappa shape index (κ3) is 1.92. The molecule has 78 valence electrons. The number of carbonyl (C=O) groups excluding carboxylic acids is 1. The first-order valence-corrected chi connectivity index (χ1v) is 4.30. The van der Waals surface area contributed by atoms with Crippen LogP contribution in [0.25, 0.3) is 0 Å². The molecule has 0 fully saturated rings. The molecule has 0 saturated carbocycles. The van der Waals surface area contributed by atoms with Crippen molar-refractivity contribution in [1.29, 1.82) is 0 Å². The van der Waals surface area contributed by atoms with Crippen LogP contribution in [-0.4, -0.2) is 16.1 Å². The lowest BCUT2D eigenvalue weighted by Gasteiger charge is -2.05. The van der Waals surface area contributed by atoms with Crippen LogP contribution in [0.5, 0.6) is 0 Å². The van der Waals surface area contributed by atoms with Crippen molar-refractivity contribution in [3.63, 3.8) is 0 Å². The lowest BCUT2D eigenvalue weighted by atomic mass is 10.2. The molecule has 0 aliphatic carbocycles. The van der Waals surface area contributed by atoms with E-state index in [0.29, 0.717) is 18.9 Å². The van der Waals surface area contributed by atoms with Gasteiger partial charge in [0.15, 0.2) is 0 Å². The first-order chi connectivity index (χ1) is 6.38.